The molecular formula is C27H36N2O2S. The van der Waals surface area contributed by atoms with Gasteiger partial charge in [-0.15, -0.1) is 11.8 Å². The van der Waals surface area contributed by atoms with Crippen molar-refractivity contribution in [3.8, 4) is 0 Å². The van der Waals surface area contributed by atoms with Gasteiger partial charge >= 0.3 is 0 Å². The largest absolute Gasteiger partial charge is 0.352 e. The fraction of sp³-hybridized carbons (Fsp3) is 0.481. The molecule has 1 aliphatic carbocycles. The van der Waals surface area contributed by atoms with Crippen molar-refractivity contribution >= 4 is 23.6 Å². The number of carbonyl (C=O) groups is 2. The second-order valence-electron chi connectivity index (χ2n) is 8.75. The van der Waals surface area contributed by atoms with Crippen LogP contribution in [0.1, 0.15) is 56.6 Å². The van der Waals surface area contributed by atoms with Gasteiger partial charge in [0.15, 0.2) is 0 Å². The number of nitrogens with zero attached hydrogens (tertiary/aromatic N) is 1. The molecule has 0 aliphatic heterocycles. The number of nitrogens with one attached hydrogen (secondary N) is 1. The Balaban J connectivity index is 1.59. The minimum atomic E-state index is -0.461. The lowest BCUT2D eigenvalue weighted by atomic mass is 9.95. The highest BCUT2D eigenvalue weighted by atomic mass is 32.2. The molecule has 5 heteroatoms. The fourth-order valence-electron chi connectivity index (χ4n) is 4.17. The summed E-state index contributed by atoms with van der Waals surface area (Å²) in [5.74, 6) is 0.733. The molecule has 0 aromatic heterocycles. The van der Waals surface area contributed by atoms with E-state index in [1.165, 1.54) is 35.3 Å². The molecule has 1 aliphatic rings. The SMILES string of the molecule is Cc1ccc(SCCC(=O)N(CCc2ccccc2)C(C)C(=O)NC2CCCCC2)cc1. The molecule has 0 bridgehead atoms. The van der Waals surface area contributed by atoms with E-state index >= 15 is 0 Å². The van der Waals surface area contributed by atoms with Crippen LogP contribution in [0.2, 0.25) is 0 Å². The second kappa shape index (κ2) is 12.7. The van der Waals surface area contributed by atoms with Crippen LogP contribution >= 0.6 is 11.8 Å². The maximum absolute atomic E-state index is 13.2. The number of carbonyl (C=O) groups excluding carboxylic acids is 2. The highest BCUT2D eigenvalue weighted by Gasteiger charge is 2.27. The van der Waals surface area contributed by atoms with Crippen molar-refractivity contribution in [1.29, 1.82) is 0 Å². The molecule has 0 spiro atoms. The Morgan fingerprint density at radius 2 is 1.72 bits per heavy atom. The van der Waals surface area contributed by atoms with Gasteiger partial charge in [0.1, 0.15) is 6.04 Å². The van der Waals surface area contributed by atoms with Crippen molar-refractivity contribution < 1.29 is 9.59 Å². The Morgan fingerprint density at radius 1 is 1.03 bits per heavy atom. The predicted molar refractivity (Wildman–Crippen MR) is 133 cm³/mol. The van der Waals surface area contributed by atoms with E-state index in [2.05, 4.69) is 48.6 Å². The summed E-state index contributed by atoms with van der Waals surface area (Å²) in [4.78, 5) is 29.1. The Labute approximate surface area is 197 Å². The molecule has 2 aromatic rings. The van der Waals surface area contributed by atoms with Crippen LogP contribution in [-0.2, 0) is 16.0 Å². The zero-order valence-electron chi connectivity index (χ0n) is 19.4. The lowest BCUT2D eigenvalue weighted by molar-refractivity contribution is -0.140. The molecule has 2 amide bonds. The van der Waals surface area contributed by atoms with Gasteiger partial charge in [0.25, 0.3) is 0 Å². The lowest BCUT2D eigenvalue weighted by Crippen LogP contribution is -2.51. The third-order valence-corrected chi connectivity index (χ3v) is 7.22. The zero-order chi connectivity index (χ0) is 22.8. The molecule has 1 unspecified atom stereocenters. The Hall–Kier alpha value is -2.27. The zero-order valence-corrected chi connectivity index (χ0v) is 20.2. The van der Waals surface area contributed by atoms with Crippen molar-refractivity contribution in [2.45, 2.75) is 75.8 Å². The molecule has 0 heterocycles. The Morgan fingerprint density at radius 3 is 2.41 bits per heavy atom. The maximum atomic E-state index is 13.2. The number of rotatable bonds is 10. The molecule has 1 fully saturated rings. The first-order valence-corrected chi connectivity index (χ1v) is 12.8. The van der Waals surface area contributed by atoms with Crippen molar-refractivity contribution in [3.63, 3.8) is 0 Å². The summed E-state index contributed by atoms with van der Waals surface area (Å²) in [6, 6.07) is 18.3. The van der Waals surface area contributed by atoms with E-state index in [-0.39, 0.29) is 17.9 Å². The minimum Gasteiger partial charge on any atom is -0.352 e. The van der Waals surface area contributed by atoms with Gasteiger partial charge in [-0.3, -0.25) is 9.59 Å². The fourth-order valence-corrected chi connectivity index (χ4v) is 5.01. The Bertz CT molecular complexity index is 848. The summed E-state index contributed by atoms with van der Waals surface area (Å²) in [5, 5.41) is 3.20. The van der Waals surface area contributed by atoms with E-state index < -0.39 is 6.04 Å². The van der Waals surface area contributed by atoms with E-state index in [4.69, 9.17) is 0 Å². The third-order valence-electron chi connectivity index (χ3n) is 6.21. The third kappa shape index (κ3) is 7.70. The standard InChI is InChI=1S/C27H36N2O2S/c1-21-13-15-25(16-14-21)32-20-18-26(30)29(19-17-23-9-5-3-6-10-23)22(2)27(31)28-24-11-7-4-8-12-24/h3,5-6,9-10,13-16,22,24H,4,7-8,11-12,17-20H2,1-2H3,(H,28,31). The van der Waals surface area contributed by atoms with E-state index in [1.807, 2.05) is 25.1 Å². The smallest absolute Gasteiger partial charge is 0.242 e. The molecule has 1 atom stereocenters. The summed E-state index contributed by atoms with van der Waals surface area (Å²) in [6.07, 6.45) is 6.86. The van der Waals surface area contributed by atoms with Gasteiger partial charge in [0, 0.05) is 29.7 Å². The van der Waals surface area contributed by atoms with Gasteiger partial charge in [-0.25, -0.2) is 0 Å². The second-order valence-corrected chi connectivity index (χ2v) is 9.92. The van der Waals surface area contributed by atoms with Crippen molar-refractivity contribution in [3.05, 3.63) is 65.7 Å². The molecule has 4 nitrogen and oxygen atoms in total. The number of hydrogen-bond donors (Lipinski definition) is 1. The molecule has 1 N–H and O–H groups in total. The monoisotopic (exact) mass is 452 g/mol. The first kappa shape index (κ1) is 24.4. The minimum absolute atomic E-state index is 0.0236. The number of benzene rings is 2. The number of hydrogen-bond acceptors (Lipinski definition) is 3. The highest BCUT2D eigenvalue weighted by molar-refractivity contribution is 7.99. The average Bonchev–Trinajstić information content (AvgIpc) is 2.81. The molecule has 2 aromatic carbocycles. The molecular weight excluding hydrogens is 416 g/mol. The molecule has 1 saturated carbocycles. The van der Waals surface area contributed by atoms with Gasteiger partial charge < -0.3 is 10.2 Å². The van der Waals surface area contributed by atoms with Crippen LogP contribution in [0.4, 0.5) is 0 Å². The summed E-state index contributed by atoms with van der Waals surface area (Å²) in [6.45, 7) is 4.49. The summed E-state index contributed by atoms with van der Waals surface area (Å²) < 4.78 is 0. The van der Waals surface area contributed by atoms with Crippen LogP contribution in [0.3, 0.4) is 0 Å². The molecule has 0 radical (unpaired) electrons. The van der Waals surface area contributed by atoms with E-state index in [9.17, 15) is 9.59 Å². The molecule has 172 valence electrons. The highest BCUT2D eigenvalue weighted by Crippen LogP contribution is 2.21. The topological polar surface area (TPSA) is 49.4 Å². The van der Waals surface area contributed by atoms with Gasteiger partial charge in [-0.2, -0.15) is 0 Å². The van der Waals surface area contributed by atoms with Gasteiger partial charge in [-0.05, 0) is 50.8 Å². The number of thioether (sulfide) groups is 1. The van der Waals surface area contributed by atoms with Crippen molar-refractivity contribution in [1.82, 2.24) is 10.2 Å². The quantitative estimate of drug-likeness (QED) is 0.492. The maximum Gasteiger partial charge on any atom is 0.242 e. The van der Waals surface area contributed by atoms with E-state index in [0.29, 0.717) is 18.7 Å². The van der Waals surface area contributed by atoms with Crippen molar-refractivity contribution in [2.24, 2.45) is 0 Å². The predicted octanol–water partition coefficient (Wildman–Crippen LogP) is 5.39. The van der Waals surface area contributed by atoms with Gasteiger partial charge in [0.2, 0.25) is 11.8 Å². The number of amides is 2. The van der Waals surface area contributed by atoms with Crippen LogP contribution in [0, 0.1) is 6.92 Å². The average molecular weight is 453 g/mol. The van der Waals surface area contributed by atoms with Crippen LogP contribution in [0.5, 0.6) is 0 Å². The number of aryl methyl sites for hydroxylation is 1. The Kier molecular flexibility index (Phi) is 9.66. The first-order chi connectivity index (χ1) is 15.5. The summed E-state index contributed by atoms with van der Waals surface area (Å²) >= 11 is 1.69. The van der Waals surface area contributed by atoms with Gasteiger partial charge in [0.05, 0.1) is 0 Å². The molecule has 32 heavy (non-hydrogen) atoms. The van der Waals surface area contributed by atoms with Crippen molar-refractivity contribution in [2.75, 3.05) is 12.3 Å². The van der Waals surface area contributed by atoms with Crippen LogP contribution in [0.15, 0.2) is 59.5 Å². The normalized spacial score (nSPS) is 15.2. The first-order valence-electron chi connectivity index (χ1n) is 11.9. The van der Waals surface area contributed by atoms with E-state index in [1.54, 1.807) is 16.7 Å². The van der Waals surface area contributed by atoms with Crippen LogP contribution in [0.25, 0.3) is 0 Å². The van der Waals surface area contributed by atoms with Crippen LogP contribution < -0.4 is 5.32 Å². The summed E-state index contributed by atoms with van der Waals surface area (Å²) in [5.41, 5.74) is 2.41. The summed E-state index contributed by atoms with van der Waals surface area (Å²) in [7, 11) is 0. The van der Waals surface area contributed by atoms with E-state index in [0.717, 1.165) is 19.3 Å². The molecule has 3 rings (SSSR count). The van der Waals surface area contributed by atoms with Gasteiger partial charge in [-0.1, -0.05) is 67.3 Å². The lowest BCUT2D eigenvalue weighted by Gasteiger charge is -2.31. The van der Waals surface area contributed by atoms with Crippen LogP contribution in [-0.4, -0.2) is 41.1 Å². The molecule has 0 saturated heterocycles.